The van der Waals surface area contributed by atoms with Gasteiger partial charge in [-0.3, -0.25) is 9.59 Å². The fourth-order valence-corrected chi connectivity index (χ4v) is 1.41. The number of benzene rings is 1. The molecule has 0 saturated carbocycles. The Morgan fingerprint density at radius 1 is 1.12 bits per heavy atom. The highest BCUT2D eigenvalue weighted by atomic mass is 35.5. The third kappa shape index (κ3) is 2.95. The zero-order chi connectivity index (χ0) is 12.3. The highest BCUT2D eigenvalue weighted by Gasteiger charge is 2.05. The Morgan fingerprint density at radius 2 is 1.82 bits per heavy atom. The van der Waals surface area contributed by atoms with Crippen molar-refractivity contribution in [2.45, 2.75) is 0 Å². The maximum Gasteiger partial charge on any atom is 0.257 e. The molecule has 4 nitrogen and oxygen atoms in total. The molecule has 0 saturated heterocycles. The summed E-state index contributed by atoms with van der Waals surface area (Å²) in [6.45, 7) is 0. The third-order valence-corrected chi connectivity index (χ3v) is 2.40. The molecule has 86 valence electrons. The maximum atomic E-state index is 11.7. The molecule has 0 aliphatic heterocycles. The summed E-state index contributed by atoms with van der Waals surface area (Å²) in [5.41, 5.74) is 0.790. The minimum atomic E-state index is -0.288. The molecule has 2 rings (SSSR count). The normalized spacial score (nSPS) is 9.94. The van der Waals surface area contributed by atoms with Crippen LogP contribution in [-0.2, 0) is 0 Å². The quantitative estimate of drug-likeness (QED) is 0.857. The van der Waals surface area contributed by atoms with Gasteiger partial charge in [-0.1, -0.05) is 11.6 Å². The Hall–Kier alpha value is -2.07. The molecule has 2 N–H and O–H groups in total. The van der Waals surface area contributed by atoms with Crippen molar-refractivity contribution in [3.8, 4) is 0 Å². The van der Waals surface area contributed by atoms with E-state index in [1.807, 2.05) is 0 Å². The third-order valence-electron chi connectivity index (χ3n) is 2.15. The Morgan fingerprint density at radius 3 is 2.41 bits per heavy atom. The number of nitrogens with one attached hydrogen (secondary N) is 2. The van der Waals surface area contributed by atoms with Gasteiger partial charge in [-0.15, -0.1) is 0 Å². The van der Waals surface area contributed by atoms with Gasteiger partial charge >= 0.3 is 0 Å². The van der Waals surface area contributed by atoms with Crippen molar-refractivity contribution in [3.63, 3.8) is 0 Å². The second kappa shape index (κ2) is 4.84. The minimum Gasteiger partial charge on any atom is -0.328 e. The van der Waals surface area contributed by atoms with E-state index in [4.69, 9.17) is 11.6 Å². The van der Waals surface area contributed by atoms with Crippen molar-refractivity contribution in [2.24, 2.45) is 0 Å². The Labute approximate surface area is 102 Å². The molecular weight excluding hydrogens is 240 g/mol. The zero-order valence-corrected chi connectivity index (χ0v) is 9.49. The number of aromatic amines is 1. The van der Waals surface area contributed by atoms with Gasteiger partial charge in [0.05, 0.1) is 5.56 Å². The molecule has 0 unspecified atom stereocenters. The van der Waals surface area contributed by atoms with Crippen LogP contribution in [-0.4, -0.2) is 10.9 Å². The van der Waals surface area contributed by atoms with E-state index in [0.29, 0.717) is 16.3 Å². The lowest BCUT2D eigenvalue weighted by Crippen LogP contribution is -2.14. The minimum absolute atomic E-state index is 0.243. The predicted octanol–water partition coefficient (Wildman–Crippen LogP) is 2.28. The number of carbonyl (C=O) groups excluding carboxylic acids is 1. The van der Waals surface area contributed by atoms with Crippen LogP contribution in [0.4, 0.5) is 5.69 Å². The van der Waals surface area contributed by atoms with Crippen LogP contribution in [0.5, 0.6) is 0 Å². The molecule has 1 aromatic heterocycles. The number of amides is 1. The molecule has 0 radical (unpaired) electrons. The van der Waals surface area contributed by atoms with Gasteiger partial charge in [0.25, 0.3) is 5.91 Å². The fraction of sp³-hybridized carbons (Fsp3) is 0. The topological polar surface area (TPSA) is 62.0 Å². The molecule has 0 aliphatic rings. The van der Waals surface area contributed by atoms with Gasteiger partial charge in [-0.05, 0) is 30.3 Å². The Kier molecular flexibility index (Phi) is 3.25. The summed E-state index contributed by atoms with van der Waals surface area (Å²) >= 11 is 5.73. The number of rotatable bonds is 2. The number of H-pyrrole nitrogens is 1. The number of hydrogen-bond acceptors (Lipinski definition) is 2. The lowest BCUT2D eigenvalue weighted by molar-refractivity contribution is 0.102. The van der Waals surface area contributed by atoms with E-state index in [0.717, 1.165) is 0 Å². The first-order valence-corrected chi connectivity index (χ1v) is 5.28. The van der Waals surface area contributed by atoms with E-state index in [2.05, 4.69) is 10.3 Å². The first-order valence-electron chi connectivity index (χ1n) is 4.91. The first-order chi connectivity index (χ1) is 8.15. The second-order valence-electron chi connectivity index (χ2n) is 3.40. The molecule has 1 amide bonds. The van der Waals surface area contributed by atoms with Gasteiger partial charge in [-0.25, -0.2) is 0 Å². The van der Waals surface area contributed by atoms with E-state index in [1.165, 1.54) is 18.3 Å². The number of aromatic nitrogens is 1. The fourth-order valence-electron chi connectivity index (χ4n) is 1.29. The predicted molar refractivity (Wildman–Crippen MR) is 66.5 cm³/mol. The van der Waals surface area contributed by atoms with E-state index in [9.17, 15) is 9.59 Å². The van der Waals surface area contributed by atoms with Gasteiger partial charge in [-0.2, -0.15) is 0 Å². The molecule has 2 aromatic rings. The molecule has 1 heterocycles. The molecule has 1 aromatic carbocycles. The lowest BCUT2D eigenvalue weighted by atomic mass is 10.2. The van der Waals surface area contributed by atoms with Crippen molar-refractivity contribution in [1.82, 2.24) is 4.98 Å². The van der Waals surface area contributed by atoms with E-state index >= 15 is 0 Å². The molecule has 5 heteroatoms. The summed E-state index contributed by atoms with van der Waals surface area (Å²) in [7, 11) is 0. The van der Waals surface area contributed by atoms with Gasteiger partial charge in [0.1, 0.15) is 0 Å². The summed E-state index contributed by atoms with van der Waals surface area (Å²) in [6, 6.07) is 9.53. The molecule has 17 heavy (non-hydrogen) atoms. The van der Waals surface area contributed by atoms with Crippen LogP contribution < -0.4 is 10.9 Å². The van der Waals surface area contributed by atoms with Crippen LogP contribution in [0.15, 0.2) is 47.4 Å². The van der Waals surface area contributed by atoms with Crippen molar-refractivity contribution in [1.29, 1.82) is 0 Å². The van der Waals surface area contributed by atoms with Gasteiger partial charge in [0, 0.05) is 23.0 Å². The van der Waals surface area contributed by atoms with Crippen LogP contribution in [0.1, 0.15) is 10.4 Å². The average Bonchev–Trinajstić information content (AvgIpc) is 2.33. The van der Waals surface area contributed by atoms with Crippen molar-refractivity contribution in [2.75, 3.05) is 5.32 Å². The van der Waals surface area contributed by atoms with Crippen LogP contribution in [0.25, 0.3) is 0 Å². The van der Waals surface area contributed by atoms with Crippen LogP contribution in [0.2, 0.25) is 5.02 Å². The smallest absolute Gasteiger partial charge is 0.257 e. The number of halogens is 1. The Bertz CT molecular complexity index is 570. The van der Waals surface area contributed by atoms with Crippen LogP contribution in [0, 0.1) is 0 Å². The summed E-state index contributed by atoms with van der Waals surface area (Å²) in [4.78, 5) is 25.0. The number of anilines is 1. The summed E-state index contributed by atoms with van der Waals surface area (Å²) < 4.78 is 0. The van der Waals surface area contributed by atoms with Crippen LogP contribution >= 0.6 is 11.6 Å². The average molecular weight is 249 g/mol. The van der Waals surface area contributed by atoms with Crippen LogP contribution in [0.3, 0.4) is 0 Å². The molecule has 0 aliphatic carbocycles. The molecule has 0 fully saturated rings. The van der Waals surface area contributed by atoms with E-state index in [-0.39, 0.29) is 11.5 Å². The molecular formula is C12H9ClN2O2. The van der Waals surface area contributed by atoms with E-state index in [1.54, 1.807) is 24.3 Å². The highest BCUT2D eigenvalue weighted by Crippen LogP contribution is 2.14. The maximum absolute atomic E-state index is 11.7. The second-order valence-corrected chi connectivity index (χ2v) is 3.84. The van der Waals surface area contributed by atoms with E-state index < -0.39 is 0 Å². The van der Waals surface area contributed by atoms with Crippen molar-refractivity contribution in [3.05, 3.63) is 63.5 Å². The summed E-state index contributed by atoms with van der Waals surface area (Å²) in [6.07, 6.45) is 1.37. The van der Waals surface area contributed by atoms with Gasteiger partial charge in [0.2, 0.25) is 5.56 Å². The zero-order valence-electron chi connectivity index (χ0n) is 8.74. The molecule has 0 bridgehead atoms. The summed E-state index contributed by atoms with van der Waals surface area (Å²) in [5.74, 6) is -0.288. The molecule has 0 atom stereocenters. The standard InChI is InChI=1S/C12H9ClN2O2/c13-9-2-4-10(5-3-9)15-12(17)8-1-6-11(16)14-7-8/h1-7H,(H,14,16)(H,15,17). The lowest BCUT2D eigenvalue weighted by Gasteiger charge is -2.04. The SMILES string of the molecule is O=C(Nc1ccc(Cl)cc1)c1ccc(=O)[nH]c1. The van der Waals surface area contributed by atoms with Gasteiger partial charge in [0.15, 0.2) is 0 Å². The Balaban J connectivity index is 2.14. The monoisotopic (exact) mass is 248 g/mol. The number of hydrogen-bond donors (Lipinski definition) is 2. The number of carbonyl (C=O) groups is 1. The van der Waals surface area contributed by atoms with Crippen molar-refractivity contribution >= 4 is 23.2 Å². The van der Waals surface area contributed by atoms with Crippen molar-refractivity contribution < 1.29 is 4.79 Å². The largest absolute Gasteiger partial charge is 0.328 e. The number of pyridine rings is 1. The summed E-state index contributed by atoms with van der Waals surface area (Å²) in [5, 5.41) is 3.29. The van der Waals surface area contributed by atoms with Gasteiger partial charge < -0.3 is 10.3 Å². The molecule has 0 spiro atoms. The first kappa shape index (κ1) is 11.4. The highest BCUT2D eigenvalue weighted by molar-refractivity contribution is 6.30.